The van der Waals surface area contributed by atoms with E-state index >= 15 is 0 Å². The van der Waals surface area contributed by atoms with Crippen molar-refractivity contribution in [1.82, 2.24) is 9.80 Å². The summed E-state index contributed by atoms with van der Waals surface area (Å²) < 4.78 is 0. The van der Waals surface area contributed by atoms with Gasteiger partial charge in [0, 0.05) is 25.2 Å². The molecule has 0 amide bonds. The zero-order valence-corrected chi connectivity index (χ0v) is 11.4. The predicted molar refractivity (Wildman–Crippen MR) is 70.6 cm³/mol. The lowest BCUT2D eigenvalue weighted by molar-refractivity contribution is 0.200. The third kappa shape index (κ3) is 3.72. The van der Waals surface area contributed by atoms with Crippen molar-refractivity contribution in [1.29, 1.82) is 0 Å². The average Bonchev–Trinajstić information content (AvgIpc) is 2.68. The minimum atomic E-state index is 0.313. The maximum absolute atomic E-state index is 5.92. The highest BCUT2D eigenvalue weighted by atomic mass is 15.2. The summed E-state index contributed by atoms with van der Waals surface area (Å²) in [7, 11) is 0. The average molecular weight is 227 g/mol. The van der Waals surface area contributed by atoms with Crippen molar-refractivity contribution in [2.45, 2.75) is 46.2 Å². The molecule has 0 aliphatic carbocycles. The number of hydrogen-bond acceptors (Lipinski definition) is 3. The molecule has 1 heterocycles. The maximum atomic E-state index is 5.92. The van der Waals surface area contributed by atoms with E-state index in [9.17, 15) is 0 Å². The molecular formula is C13H29N3. The summed E-state index contributed by atoms with van der Waals surface area (Å²) in [5.41, 5.74) is 5.92. The predicted octanol–water partition coefficient (Wildman–Crippen LogP) is 1.39. The van der Waals surface area contributed by atoms with Gasteiger partial charge in [-0.15, -0.1) is 0 Å². The van der Waals surface area contributed by atoms with Gasteiger partial charge in [-0.3, -0.25) is 4.90 Å². The lowest BCUT2D eigenvalue weighted by atomic mass is 10.0. The standard InChI is InChI=1S/C13H29N3/c1-5-16(6-2)13-7-8-15(10-13)9-11(3)12(4)14/h11-13H,5-10,14H2,1-4H3. The topological polar surface area (TPSA) is 32.5 Å². The molecule has 3 nitrogen and oxygen atoms in total. The molecule has 3 unspecified atom stereocenters. The zero-order chi connectivity index (χ0) is 12.1. The molecule has 0 aromatic rings. The van der Waals surface area contributed by atoms with Crippen molar-refractivity contribution in [2.75, 3.05) is 32.7 Å². The summed E-state index contributed by atoms with van der Waals surface area (Å²) >= 11 is 0. The summed E-state index contributed by atoms with van der Waals surface area (Å²) in [6.45, 7) is 14.9. The van der Waals surface area contributed by atoms with Gasteiger partial charge in [0.15, 0.2) is 0 Å². The highest BCUT2D eigenvalue weighted by Gasteiger charge is 2.27. The Kier molecular flexibility index (Phi) is 5.73. The summed E-state index contributed by atoms with van der Waals surface area (Å²) in [4.78, 5) is 5.16. The van der Waals surface area contributed by atoms with Gasteiger partial charge in [0.1, 0.15) is 0 Å². The molecule has 0 saturated carbocycles. The highest BCUT2D eigenvalue weighted by molar-refractivity contribution is 4.84. The first-order chi connectivity index (χ1) is 7.58. The minimum Gasteiger partial charge on any atom is -0.328 e. The Hall–Kier alpha value is -0.120. The van der Waals surface area contributed by atoms with Crippen LogP contribution in [-0.4, -0.2) is 54.6 Å². The Bertz CT molecular complexity index is 190. The third-order valence-electron chi connectivity index (χ3n) is 4.02. The molecule has 1 rings (SSSR count). The number of nitrogens with zero attached hydrogens (tertiary/aromatic N) is 2. The summed E-state index contributed by atoms with van der Waals surface area (Å²) in [6.07, 6.45) is 1.33. The second-order valence-electron chi connectivity index (χ2n) is 5.26. The Morgan fingerprint density at radius 2 is 1.94 bits per heavy atom. The fourth-order valence-electron chi connectivity index (χ4n) is 2.59. The molecule has 0 aromatic heterocycles. The maximum Gasteiger partial charge on any atom is 0.0235 e. The summed E-state index contributed by atoms with van der Waals surface area (Å²) in [5, 5.41) is 0. The fourth-order valence-corrected chi connectivity index (χ4v) is 2.59. The molecule has 1 fully saturated rings. The van der Waals surface area contributed by atoms with Crippen molar-refractivity contribution in [2.24, 2.45) is 11.7 Å². The zero-order valence-electron chi connectivity index (χ0n) is 11.4. The molecule has 2 N–H and O–H groups in total. The van der Waals surface area contributed by atoms with Crippen molar-refractivity contribution in [3.63, 3.8) is 0 Å². The lowest BCUT2D eigenvalue weighted by Crippen LogP contribution is -2.39. The Morgan fingerprint density at radius 3 is 2.44 bits per heavy atom. The molecule has 96 valence electrons. The van der Waals surface area contributed by atoms with E-state index in [1.54, 1.807) is 0 Å². The van der Waals surface area contributed by atoms with Crippen LogP contribution in [0.4, 0.5) is 0 Å². The van der Waals surface area contributed by atoms with Gasteiger partial charge < -0.3 is 10.6 Å². The third-order valence-corrected chi connectivity index (χ3v) is 4.02. The van der Waals surface area contributed by atoms with Gasteiger partial charge in [0.2, 0.25) is 0 Å². The molecule has 3 atom stereocenters. The van der Waals surface area contributed by atoms with Gasteiger partial charge in [-0.2, -0.15) is 0 Å². The SMILES string of the molecule is CCN(CC)C1CCN(CC(C)C(C)N)C1. The largest absolute Gasteiger partial charge is 0.328 e. The first kappa shape index (κ1) is 13.9. The second kappa shape index (κ2) is 6.58. The smallest absolute Gasteiger partial charge is 0.0235 e. The van der Waals surface area contributed by atoms with Crippen LogP contribution in [0.15, 0.2) is 0 Å². The van der Waals surface area contributed by atoms with Gasteiger partial charge in [-0.1, -0.05) is 20.8 Å². The van der Waals surface area contributed by atoms with Crippen LogP contribution < -0.4 is 5.73 Å². The summed E-state index contributed by atoms with van der Waals surface area (Å²) in [5.74, 6) is 0.607. The van der Waals surface area contributed by atoms with E-state index < -0.39 is 0 Å². The first-order valence-corrected chi connectivity index (χ1v) is 6.80. The van der Waals surface area contributed by atoms with Gasteiger partial charge in [0.05, 0.1) is 0 Å². The Labute approximate surface area is 101 Å². The lowest BCUT2D eigenvalue weighted by Gasteiger charge is -2.27. The Morgan fingerprint density at radius 1 is 1.31 bits per heavy atom. The van der Waals surface area contributed by atoms with E-state index in [-0.39, 0.29) is 0 Å². The van der Waals surface area contributed by atoms with Gasteiger partial charge >= 0.3 is 0 Å². The molecule has 1 aliphatic rings. The molecule has 0 spiro atoms. The van der Waals surface area contributed by atoms with Crippen LogP contribution >= 0.6 is 0 Å². The van der Waals surface area contributed by atoms with Gasteiger partial charge in [-0.25, -0.2) is 0 Å². The van der Waals surface area contributed by atoms with Crippen LogP contribution in [0.2, 0.25) is 0 Å². The van der Waals surface area contributed by atoms with Crippen LogP contribution in [0.25, 0.3) is 0 Å². The van der Waals surface area contributed by atoms with Crippen molar-refractivity contribution in [3.05, 3.63) is 0 Å². The van der Waals surface area contributed by atoms with Crippen LogP contribution in [0.1, 0.15) is 34.1 Å². The fraction of sp³-hybridized carbons (Fsp3) is 1.00. The van der Waals surface area contributed by atoms with E-state index in [2.05, 4.69) is 37.5 Å². The van der Waals surface area contributed by atoms with Crippen LogP contribution in [0.5, 0.6) is 0 Å². The quantitative estimate of drug-likeness (QED) is 0.744. The minimum absolute atomic E-state index is 0.313. The molecule has 3 heteroatoms. The van der Waals surface area contributed by atoms with E-state index in [1.165, 1.54) is 32.6 Å². The van der Waals surface area contributed by atoms with Gasteiger partial charge in [0.25, 0.3) is 0 Å². The molecule has 0 aromatic carbocycles. The molecule has 1 aliphatic heterocycles. The van der Waals surface area contributed by atoms with Crippen LogP contribution in [-0.2, 0) is 0 Å². The van der Waals surface area contributed by atoms with E-state index in [0.717, 1.165) is 12.6 Å². The second-order valence-corrected chi connectivity index (χ2v) is 5.26. The number of likely N-dealkylation sites (tertiary alicyclic amines) is 1. The monoisotopic (exact) mass is 227 g/mol. The molecule has 0 radical (unpaired) electrons. The van der Waals surface area contributed by atoms with Crippen molar-refractivity contribution < 1.29 is 0 Å². The van der Waals surface area contributed by atoms with Crippen molar-refractivity contribution in [3.8, 4) is 0 Å². The molecule has 1 saturated heterocycles. The first-order valence-electron chi connectivity index (χ1n) is 6.80. The number of nitrogens with two attached hydrogens (primary N) is 1. The molecule has 16 heavy (non-hydrogen) atoms. The van der Waals surface area contributed by atoms with Gasteiger partial charge in [-0.05, 0) is 38.9 Å². The number of hydrogen-bond donors (Lipinski definition) is 1. The summed E-state index contributed by atoms with van der Waals surface area (Å²) in [6, 6.07) is 1.09. The Balaban J connectivity index is 2.34. The van der Waals surface area contributed by atoms with E-state index in [1.807, 2.05) is 0 Å². The number of rotatable bonds is 6. The highest BCUT2D eigenvalue weighted by Crippen LogP contribution is 2.17. The van der Waals surface area contributed by atoms with Crippen LogP contribution in [0.3, 0.4) is 0 Å². The molecule has 0 bridgehead atoms. The van der Waals surface area contributed by atoms with E-state index in [0.29, 0.717) is 12.0 Å². The number of likely N-dealkylation sites (N-methyl/N-ethyl adjacent to an activating group) is 1. The van der Waals surface area contributed by atoms with Crippen molar-refractivity contribution >= 4 is 0 Å². The molecular weight excluding hydrogens is 198 g/mol. The van der Waals surface area contributed by atoms with E-state index in [4.69, 9.17) is 5.73 Å². The normalized spacial score (nSPS) is 26.2. The van der Waals surface area contributed by atoms with Crippen LogP contribution in [0, 0.1) is 5.92 Å².